The molecule has 1 unspecified atom stereocenters. The Bertz CT molecular complexity index is 615. The van der Waals surface area contributed by atoms with Crippen molar-refractivity contribution in [3.05, 3.63) is 34.4 Å². The van der Waals surface area contributed by atoms with E-state index in [0.29, 0.717) is 5.69 Å². The number of carbonyl (C=O) groups is 3. The fraction of sp³-hybridized carbons (Fsp3) is 0.250. The van der Waals surface area contributed by atoms with Gasteiger partial charge in [-0.2, -0.15) is 0 Å². The molecule has 1 saturated heterocycles. The lowest BCUT2D eigenvalue weighted by Crippen LogP contribution is -2.30. The second-order valence-corrected chi connectivity index (χ2v) is 4.41. The zero-order valence-electron chi connectivity index (χ0n) is 10.8. The second kappa shape index (κ2) is 5.99. The van der Waals surface area contributed by atoms with E-state index in [9.17, 15) is 24.5 Å². The number of urea groups is 1. The number of nitro groups is 1. The van der Waals surface area contributed by atoms with Crippen LogP contribution in [0, 0.1) is 10.1 Å². The molecule has 1 heterocycles. The number of carbonyl (C=O) groups excluding carboxylic acids is 3. The molecule has 9 heteroatoms. The van der Waals surface area contributed by atoms with E-state index >= 15 is 0 Å². The molecule has 3 N–H and O–H groups in total. The summed E-state index contributed by atoms with van der Waals surface area (Å²) in [5, 5.41) is 17.6. The first-order valence-electron chi connectivity index (χ1n) is 6.11. The zero-order valence-corrected chi connectivity index (χ0v) is 10.8. The Hall–Kier alpha value is -2.97. The summed E-state index contributed by atoms with van der Waals surface area (Å²) >= 11 is 0. The molecule has 0 radical (unpaired) electrons. The first-order valence-corrected chi connectivity index (χ1v) is 6.11. The average Bonchev–Trinajstić information content (AvgIpc) is 2.75. The van der Waals surface area contributed by atoms with Crippen LogP contribution in [0.5, 0.6) is 0 Å². The molecular weight excluding hydrogens is 280 g/mol. The van der Waals surface area contributed by atoms with Gasteiger partial charge >= 0.3 is 6.03 Å². The molecule has 4 amide bonds. The number of rotatable bonds is 5. The maximum absolute atomic E-state index is 11.7. The van der Waals surface area contributed by atoms with Gasteiger partial charge in [-0.25, -0.2) is 4.79 Å². The quantitative estimate of drug-likeness (QED) is 0.413. The summed E-state index contributed by atoms with van der Waals surface area (Å²) in [4.78, 5) is 43.9. The number of hydrogen-bond acceptors (Lipinski definition) is 5. The molecule has 1 atom stereocenters. The van der Waals surface area contributed by atoms with E-state index < -0.39 is 28.8 Å². The Balaban J connectivity index is 1.87. The third kappa shape index (κ3) is 3.75. The van der Waals surface area contributed by atoms with Crippen LogP contribution in [0.2, 0.25) is 0 Å². The molecule has 1 aromatic rings. The third-order valence-corrected chi connectivity index (χ3v) is 2.86. The van der Waals surface area contributed by atoms with Crippen molar-refractivity contribution >= 4 is 29.2 Å². The van der Waals surface area contributed by atoms with Gasteiger partial charge in [-0.15, -0.1) is 0 Å². The Labute approximate surface area is 118 Å². The first kappa shape index (κ1) is 14.4. The predicted octanol–water partition coefficient (Wildman–Crippen LogP) is 0.521. The maximum atomic E-state index is 11.7. The van der Waals surface area contributed by atoms with Crippen molar-refractivity contribution in [1.29, 1.82) is 0 Å². The lowest BCUT2D eigenvalue weighted by molar-refractivity contribution is -0.384. The highest BCUT2D eigenvalue weighted by Gasteiger charge is 2.29. The van der Waals surface area contributed by atoms with Crippen LogP contribution in [0.25, 0.3) is 0 Å². The fourth-order valence-corrected chi connectivity index (χ4v) is 1.86. The van der Waals surface area contributed by atoms with E-state index in [-0.39, 0.29) is 18.5 Å². The molecule has 1 aliphatic rings. The molecule has 1 aromatic carbocycles. The highest BCUT2D eigenvalue weighted by molar-refractivity contribution is 6.04. The summed E-state index contributed by atoms with van der Waals surface area (Å²) in [6.45, 7) is 0. The topological polar surface area (TPSA) is 130 Å². The minimum atomic E-state index is -0.728. The molecule has 0 saturated carbocycles. The minimum absolute atomic E-state index is 0.00105. The van der Waals surface area contributed by atoms with Crippen LogP contribution in [0.3, 0.4) is 0 Å². The van der Waals surface area contributed by atoms with Gasteiger partial charge in [0.05, 0.1) is 4.92 Å². The van der Waals surface area contributed by atoms with Gasteiger partial charge in [0.25, 0.3) is 11.6 Å². The number of benzene rings is 1. The van der Waals surface area contributed by atoms with E-state index in [1.807, 2.05) is 0 Å². The highest BCUT2D eigenvalue weighted by atomic mass is 16.6. The van der Waals surface area contributed by atoms with Crippen molar-refractivity contribution < 1.29 is 19.3 Å². The highest BCUT2D eigenvalue weighted by Crippen LogP contribution is 2.17. The van der Waals surface area contributed by atoms with Crippen LogP contribution in [0.4, 0.5) is 16.2 Å². The molecule has 2 rings (SSSR count). The Kier molecular flexibility index (Phi) is 4.12. The van der Waals surface area contributed by atoms with Gasteiger partial charge in [-0.3, -0.25) is 25.0 Å². The summed E-state index contributed by atoms with van der Waals surface area (Å²) in [6.07, 6.45) is 0.152. The van der Waals surface area contributed by atoms with Gasteiger partial charge in [-0.1, -0.05) is 6.07 Å². The molecule has 0 bridgehead atoms. The van der Waals surface area contributed by atoms with Crippen LogP contribution in [-0.2, 0) is 9.59 Å². The molecule has 1 aliphatic heterocycles. The number of imide groups is 1. The minimum Gasteiger partial charge on any atom is -0.326 e. The average molecular weight is 292 g/mol. The van der Waals surface area contributed by atoms with Crippen molar-refractivity contribution in [1.82, 2.24) is 10.6 Å². The molecule has 0 spiro atoms. The number of anilines is 1. The molecule has 110 valence electrons. The smallest absolute Gasteiger partial charge is 0.322 e. The molecule has 0 aliphatic carbocycles. The number of non-ortho nitro benzene ring substituents is 1. The SMILES string of the molecule is O=C(CCC1NC(=O)NC1=O)Nc1cccc([N+](=O)[O-])c1. The van der Waals surface area contributed by atoms with E-state index in [4.69, 9.17) is 0 Å². The Morgan fingerprint density at radius 3 is 2.76 bits per heavy atom. The number of nitrogens with zero attached hydrogens (tertiary/aromatic N) is 1. The lowest BCUT2D eigenvalue weighted by atomic mass is 10.1. The van der Waals surface area contributed by atoms with Crippen LogP contribution in [0.1, 0.15) is 12.8 Å². The summed E-state index contributed by atoms with van der Waals surface area (Å²) in [5.41, 5.74) is 0.171. The first-order chi connectivity index (χ1) is 9.95. The number of nitrogens with one attached hydrogen (secondary N) is 3. The predicted molar refractivity (Wildman–Crippen MR) is 71.4 cm³/mol. The normalized spacial score (nSPS) is 17.0. The molecule has 21 heavy (non-hydrogen) atoms. The van der Waals surface area contributed by atoms with Crippen LogP contribution >= 0.6 is 0 Å². The van der Waals surface area contributed by atoms with Gasteiger partial charge in [-0.05, 0) is 12.5 Å². The number of hydrogen-bond donors (Lipinski definition) is 3. The monoisotopic (exact) mass is 292 g/mol. The van der Waals surface area contributed by atoms with Crippen LogP contribution < -0.4 is 16.0 Å². The standard InChI is InChI=1S/C12H12N4O5/c17-10(5-4-9-11(18)15-12(19)14-9)13-7-2-1-3-8(6-7)16(20)21/h1-3,6,9H,4-5H2,(H,13,17)(H2,14,15,18,19). The second-order valence-electron chi connectivity index (χ2n) is 4.41. The van der Waals surface area contributed by atoms with E-state index in [1.54, 1.807) is 0 Å². The fourth-order valence-electron chi connectivity index (χ4n) is 1.86. The van der Waals surface area contributed by atoms with Gasteiger partial charge in [0, 0.05) is 24.2 Å². The molecule has 1 fully saturated rings. The zero-order chi connectivity index (χ0) is 15.4. The number of nitro benzene ring substituents is 1. The van der Waals surface area contributed by atoms with Crippen molar-refractivity contribution in [3.8, 4) is 0 Å². The number of amides is 4. The summed E-state index contributed by atoms with van der Waals surface area (Å²) < 4.78 is 0. The third-order valence-electron chi connectivity index (χ3n) is 2.86. The largest absolute Gasteiger partial charge is 0.326 e. The Morgan fingerprint density at radius 2 is 2.14 bits per heavy atom. The summed E-state index contributed by atoms with van der Waals surface area (Å²) in [7, 11) is 0. The summed E-state index contributed by atoms with van der Waals surface area (Å²) in [5.74, 6) is -0.868. The van der Waals surface area contributed by atoms with Crippen LogP contribution in [0.15, 0.2) is 24.3 Å². The Morgan fingerprint density at radius 1 is 1.38 bits per heavy atom. The van der Waals surface area contributed by atoms with Crippen molar-refractivity contribution in [2.24, 2.45) is 0 Å². The van der Waals surface area contributed by atoms with Gasteiger partial charge in [0.15, 0.2) is 0 Å². The molecular formula is C12H12N4O5. The molecule has 9 nitrogen and oxygen atoms in total. The van der Waals surface area contributed by atoms with E-state index in [0.717, 1.165) is 0 Å². The van der Waals surface area contributed by atoms with Crippen LogP contribution in [-0.4, -0.2) is 28.8 Å². The van der Waals surface area contributed by atoms with Gasteiger partial charge in [0.2, 0.25) is 5.91 Å². The summed E-state index contributed by atoms with van der Waals surface area (Å²) in [6, 6.07) is 4.22. The molecule has 0 aromatic heterocycles. The maximum Gasteiger partial charge on any atom is 0.322 e. The van der Waals surface area contributed by atoms with E-state index in [1.165, 1.54) is 24.3 Å². The van der Waals surface area contributed by atoms with Gasteiger partial charge in [0.1, 0.15) is 6.04 Å². The van der Waals surface area contributed by atoms with E-state index in [2.05, 4.69) is 16.0 Å². The van der Waals surface area contributed by atoms with Crippen molar-refractivity contribution in [3.63, 3.8) is 0 Å². The van der Waals surface area contributed by atoms with Crippen molar-refractivity contribution in [2.75, 3.05) is 5.32 Å². The van der Waals surface area contributed by atoms with Gasteiger partial charge < -0.3 is 10.6 Å². The lowest BCUT2D eigenvalue weighted by Gasteiger charge is -2.07. The van der Waals surface area contributed by atoms with Crippen molar-refractivity contribution in [2.45, 2.75) is 18.9 Å².